The number of benzene rings is 2. The number of aromatic hydroxyl groups is 2. The molecule has 1 aromatic heterocycles. The number of ether oxygens (including phenoxy) is 4. The van der Waals surface area contributed by atoms with Crippen LogP contribution in [0, 0.1) is 0 Å². The Kier molecular flexibility index (Phi) is 7.84. The van der Waals surface area contributed by atoms with E-state index in [-0.39, 0.29) is 28.4 Å². The molecule has 222 valence electrons. The predicted octanol–water partition coefficient (Wildman–Crippen LogP) is -0.716. The molecule has 10 unspecified atom stereocenters. The van der Waals surface area contributed by atoms with Crippen molar-refractivity contribution in [2.45, 2.75) is 75.3 Å². The maximum atomic E-state index is 13.8. The Bertz CT molecular complexity index is 1460. The molecule has 10 atom stereocenters. The van der Waals surface area contributed by atoms with E-state index in [1.807, 2.05) is 0 Å². The van der Waals surface area contributed by atoms with Gasteiger partial charge in [-0.1, -0.05) is 0 Å². The molecule has 0 saturated carbocycles. The highest BCUT2D eigenvalue weighted by atomic mass is 16.7. The van der Waals surface area contributed by atoms with Gasteiger partial charge in [-0.15, -0.1) is 0 Å². The molecule has 2 saturated heterocycles. The fourth-order valence-corrected chi connectivity index (χ4v) is 4.70. The fraction of sp³-hybridized carbons (Fsp3) is 0.444. The Hall–Kier alpha value is -3.47. The van der Waals surface area contributed by atoms with E-state index in [0.29, 0.717) is 0 Å². The molecular formula is C27H30O14. The van der Waals surface area contributed by atoms with Gasteiger partial charge >= 0.3 is 0 Å². The molecule has 0 spiro atoms. The van der Waals surface area contributed by atoms with E-state index in [4.69, 9.17) is 23.4 Å². The molecular weight excluding hydrogens is 548 g/mol. The first-order valence-electron chi connectivity index (χ1n) is 12.7. The van der Waals surface area contributed by atoms with Crippen molar-refractivity contribution < 1.29 is 64.2 Å². The molecule has 2 aliphatic heterocycles. The first kappa shape index (κ1) is 29.0. The molecule has 14 heteroatoms. The van der Waals surface area contributed by atoms with Gasteiger partial charge in [0.15, 0.2) is 17.3 Å². The van der Waals surface area contributed by atoms with Crippen molar-refractivity contribution in [1.82, 2.24) is 0 Å². The number of fused-ring (bicyclic) bond motifs is 1. The zero-order valence-electron chi connectivity index (χ0n) is 21.8. The maximum absolute atomic E-state index is 13.8. The molecule has 0 bridgehead atoms. The molecule has 2 aromatic carbocycles. The van der Waals surface area contributed by atoms with Crippen LogP contribution in [-0.4, -0.2) is 102 Å². The van der Waals surface area contributed by atoms with Gasteiger partial charge in [-0.2, -0.15) is 0 Å². The second-order valence-electron chi connectivity index (χ2n) is 10.0. The van der Waals surface area contributed by atoms with E-state index in [1.165, 1.54) is 50.2 Å². The summed E-state index contributed by atoms with van der Waals surface area (Å²) in [5.41, 5.74) is -0.816. The molecule has 14 nitrogen and oxygen atoms in total. The molecule has 0 aliphatic carbocycles. The van der Waals surface area contributed by atoms with Gasteiger partial charge < -0.3 is 64.2 Å². The van der Waals surface area contributed by atoms with Gasteiger partial charge in [0.1, 0.15) is 53.3 Å². The van der Waals surface area contributed by atoms with Crippen molar-refractivity contribution in [3.8, 4) is 34.3 Å². The van der Waals surface area contributed by atoms with Crippen LogP contribution in [0.4, 0.5) is 0 Å². The standard InChI is InChI=1S/C27H30O14/c1-9-16(29)20(33)22(35)26(37-9)40-14-8-7-13-15(18(14)31)19(32)25(24(39-13)11-3-5-12(28)6-4-11)41-27-23(36)21(34)17(30)10(2)38-27/h3-10,16-17,20-23,26-31,33-36H,1-2H3. The van der Waals surface area contributed by atoms with Gasteiger partial charge in [0.25, 0.3) is 0 Å². The Morgan fingerprint density at radius 3 is 1.78 bits per heavy atom. The average Bonchev–Trinajstić information content (AvgIpc) is 2.95. The minimum absolute atomic E-state index is 0.0742. The Labute approximate surface area is 231 Å². The van der Waals surface area contributed by atoms with Crippen molar-refractivity contribution in [2.75, 3.05) is 0 Å². The fourth-order valence-electron chi connectivity index (χ4n) is 4.70. The van der Waals surface area contributed by atoms with E-state index in [0.717, 1.165) is 0 Å². The molecule has 2 fully saturated rings. The van der Waals surface area contributed by atoms with Crippen LogP contribution in [0.15, 0.2) is 45.6 Å². The average molecular weight is 579 g/mol. The van der Waals surface area contributed by atoms with E-state index in [9.17, 15) is 45.6 Å². The minimum atomic E-state index is -1.78. The predicted molar refractivity (Wildman–Crippen MR) is 137 cm³/mol. The molecule has 2 aliphatic rings. The number of phenols is 2. The van der Waals surface area contributed by atoms with Crippen LogP contribution in [0.2, 0.25) is 0 Å². The first-order valence-corrected chi connectivity index (χ1v) is 12.7. The quantitative estimate of drug-likeness (QED) is 0.187. The Morgan fingerprint density at radius 2 is 1.22 bits per heavy atom. The van der Waals surface area contributed by atoms with Crippen LogP contribution in [-0.2, 0) is 9.47 Å². The largest absolute Gasteiger partial charge is 0.508 e. The van der Waals surface area contributed by atoms with Gasteiger partial charge in [0, 0.05) is 5.56 Å². The summed E-state index contributed by atoms with van der Waals surface area (Å²) in [5.74, 6) is -1.87. The Morgan fingerprint density at radius 1 is 0.683 bits per heavy atom. The molecule has 0 radical (unpaired) electrons. The number of aliphatic hydroxyl groups is 6. The maximum Gasteiger partial charge on any atom is 0.239 e. The molecule has 3 aromatic rings. The summed E-state index contributed by atoms with van der Waals surface area (Å²) < 4.78 is 28.1. The lowest BCUT2D eigenvalue weighted by molar-refractivity contribution is -0.268. The highest BCUT2D eigenvalue weighted by Gasteiger charge is 2.45. The zero-order chi connectivity index (χ0) is 29.7. The lowest BCUT2D eigenvalue weighted by atomic mass is 10.00. The van der Waals surface area contributed by atoms with Crippen LogP contribution < -0.4 is 14.9 Å². The smallest absolute Gasteiger partial charge is 0.239 e. The van der Waals surface area contributed by atoms with Crippen molar-refractivity contribution in [3.05, 3.63) is 46.6 Å². The zero-order valence-corrected chi connectivity index (χ0v) is 21.8. The number of hydrogen-bond acceptors (Lipinski definition) is 14. The molecule has 3 heterocycles. The van der Waals surface area contributed by atoms with Crippen molar-refractivity contribution in [1.29, 1.82) is 0 Å². The van der Waals surface area contributed by atoms with Crippen molar-refractivity contribution in [2.24, 2.45) is 0 Å². The third kappa shape index (κ3) is 5.20. The summed E-state index contributed by atoms with van der Waals surface area (Å²) in [6.45, 7) is 2.87. The number of hydrogen-bond donors (Lipinski definition) is 8. The third-order valence-corrected chi connectivity index (χ3v) is 7.18. The van der Waals surface area contributed by atoms with Crippen molar-refractivity contribution in [3.63, 3.8) is 0 Å². The number of aliphatic hydroxyl groups excluding tert-OH is 6. The summed E-state index contributed by atoms with van der Waals surface area (Å²) in [6, 6.07) is 8.02. The summed E-state index contributed by atoms with van der Waals surface area (Å²) in [4.78, 5) is 13.8. The number of phenolic OH excluding ortho intramolecular Hbond substituents is 2. The van der Waals surface area contributed by atoms with E-state index >= 15 is 0 Å². The minimum Gasteiger partial charge on any atom is -0.508 e. The lowest BCUT2D eigenvalue weighted by Crippen LogP contribution is -2.58. The summed E-state index contributed by atoms with van der Waals surface area (Å²) in [5, 5.41) is 81.4. The van der Waals surface area contributed by atoms with Crippen LogP contribution in [0.1, 0.15) is 13.8 Å². The van der Waals surface area contributed by atoms with Gasteiger partial charge in [0.05, 0.1) is 12.2 Å². The van der Waals surface area contributed by atoms with Crippen LogP contribution in [0.3, 0.4) is 0 Å². The van der Waals surface area contributed by atoms with Crippen LogP contribution in [0.5, 0.6) is 23.0 Å². The topological polar surface area (TPSA) is 229 Å². The third-order valence-electron chi connectivity index (χ3n) is 7.18. The van der Waals surface area contributed by atoms with E-state index in [2.05, 4.69) is 0 Å². The Balaban J connectivity index is 1.60. The molecule has 0 amide bonds. The first-order chi connectivity index (χ1) is 19.4. The van der Waals surface area contributed by atoms with Gasteiger partial charge in [-0.3, -0.25) is 4.79 Å². The monoisotopic (exact) mass is 578 g/mol. The summed E-state index contributed by atoms with van der Waals surface area (Å²) in [7, 11) is 0. The lowest BCUT2D eigenvalue weighted by Gasteiger charge is -2.39. The summed E-state index contributed by atoms with van der Waals surface area (Å²) in [6.07, 6.45) is -14.7. The van der Waals surface area contributed by atoms with Gasteiger partial charge in [-0.05, 0) is 50.2 Å². The van der Waals surface area contributed by atoms with E-state index < -0.39 is 83.7 Å². The number of rotatable bonds is 5. The SMILES string of the molecule is CC1OC(Oc2ccc3oc(-c4ccc(O)cc4)c(OC4OC(C)C(O)C(O)C4O)c(=O)c3c2O)C(O)C(O)C1O. The second-order valence-corrected chi connectivity index (χ2v) is 10.0. The molecule has 8 N–H and O–H groups in total. The second kappa shape index (κ2) is 11.1. The summed E-state index contributed by atoms with van der Waals surface area (Å²) >= 11 is 0. The van der Waals surface area contributed by atoms with Crippen LogP contribution in [0.25, 0.3) is 22.3 Å². The molecule has 5 rings (SSSR count). The van der Waals surface area contributed by atoms with Gasteiger partial charge in [-0.25, -0.2) is 0 Å². The molecule has 41 heavy (non-hydrogen) atoms. The highest BCUT2D eigenvalue weighted by Crippen LogP contribution is 2.40. The van der Waals surface area contributed by atoms with Gasteiger partial charge in [0.2, 0.25) is 23.8 Å². The van der Waals surface area contributed by atoms with E-state index in [1.54, 1.807) is 0 Å². The van der Waals surface area contributed by atoms with Crippen LogP contribution >= 0.6 is 0 Å². The van der Waals surface area contributed by atoms with Crippen molar-refractivity contribution >= 4 is 11.0 Å². The normalized spacial score (nSPS) is 34.0. The highest BCUT2D eigenvalue weighted by molar-refractivity contribution is 5.89.